The predicted molar refractivity (Wildman–Crippen MR) is 78.5 cm³/mol. The first-order valence-corrected chi connectivity index (χ1v) is 6.94. The molecule has 0 bridgehead atoms. The normalized spacial score (nSPS) is 23.2. The van der Waals surface area contributed by atoms with Crippen LogP contribution in [0.15, 0.2) is 30.3 Å². The van der Waals surface area contributed by atoms with E-state index in [9.17, 15) is 4.79 Å². The minimum atomic E-state index is -0.293. The van der Waals surface area contributed by atoms with E-state index in [0.29, 0.717) is 18.2 Å². The molecule has 20 heavy (non-hydrogen) atoms. The number of hydrogen-bond donors (Lipinski definition) is 1. The lowest BCUT2D eigenvalue weighted by molar-refractivity contribution is -0.140. The zero-order chi connectivity index (χ0) is 14.5. The monoisotopic (exact) mass is 295 g/mol. The second-order valence-corrected chi connectivity index (χ2v) is 5.30. The number of carbonyl (C=O) groups excluding carboxylic acids is 1. The van der Waals surface area contributed by atoms with Crippen molar-refractivity contribution in [2.24, 2.45) is 0 Å². The summed E-state index contributed by atoms with van der Waals surface area (Å²) in [6.45, 7) is 2.73. The van der Waals surface area contributed by atoms with Crippen molar-refractivity contribution in [3.63, 3.8) is 0 Å². The molecular formula is C15H18ClNO3. The average Bonchev–Trinajstić information content (AvgIpc) is 2.47. The Balaban J connectivity index is 2.01. The Kier molecular flexibility index (Phi) is 5.17. The fourth-order valence-electron chi connectivity index (χ4n) is 2.07. The highest BCUT2D eigenvalue weighted by molar-refractivity contribution is 6.30. The number of aliphatic hydroxyl groups excluding tert-OH is 1. The number of hydrogen-bond acceptors (Lipinski definition) is 3. The van der Waals surface area contributed by atoms with Gasteiger partial charge in [-0.25, -0.2) is 0 Å². The van der Waals surface area contributed by atoms with E-state index < -0.39 is 0 Å². The van der Waals surface area contributed by atoms with Gasteiger partial charge in [0.2, 0.25) is 5.91 Å². The van der Waals surface area contributed by atoms with Gasteiger partial charge in [-0.2, -0.15) is 0 Å². The fourth-order valence-corrected chi connectivity index (χ4v) is 2.20. The van der Waals surface area contributed by atoms with Crippen LogP contribution >= 0.6 is 11.6 Å². The van der Waals surface area contributed by atoms with E-state index in [1.165, 1.54) is 0 Å². The molecule has 2 rings (SSSR count). The number of benzene rings is 1. The SMILES string of the molecule is CC1COC(CO)CN1C(=O)/C=C/c1ccc(Cl)cc1. The van der Waals surface area contributed by atoms with Gasteiger partial charge in [-0.05, 0) is 30.7 Å². The van der Waals surface area contributed by atoms with Crippen molar-refractivity contribution in [2.75, 3.05) is 19.8 Å². The van der Waals surface area contributed by atoms with Crippen LogP contribution in [0.4, 0.5) is 0 Å². The van der Waals surface area contributed by atoms with Gasteiger partial charge in [-0.3, -0.25) is 4.79 Å². The summed E-state index contributed by atoms with van der Waals surface area (Å²) in [6.07, 6.45) is 3.01. The smallest absolute Gasteiger partial charge is 0.246 e. The third-order valence-electron chi connectivity index (χ3n) is 3.28. The van der Waals surface area contributed by atoms with Crippen molar-refractivity contribution >= 4 is 23.6 Å². The number of carbonyl (C=O) groups is 1. The van der Waals surface area contributed by atoms with E-state index in [-0.39, 0.29) is 24.7 Å². The standard InChI is InChI=1S/C15H18ClNO3/c1-11-10-20-14(9-18)8-17(11)15(19)7-4-12-2-5-13(16)6-3-12/h2-7,11,14,18H,8-10H2,1H3/b7-4+. The van der Waals surface area contributed by atoms with Gasteiger partial charge in [0.15, 0.2) is 0 Å². The molecule has 1 aliphatic heterocycles. The molecule has 0 spiro atoms. The first kappa shape index (κ1) is 15.0. The summed E-state index contributed by atoms with van der Waals surface area (Å²) in [5.74, 6) is -0.0748. The summed E-state index contributed by atoms with van der Waals surface area (Å²) in [5.41, 5.74) is 0.919. The zero-order valence-corrected chi connectivity index (χ0v) is 12.1. The second-order valence-electron chi connectivity index (χ2n) is 4.86. The molecule has 1 aliphatic rings. The van der Waals surface area contributed by atoms with Crippen LogP contribution in [-0.2, 0) is 9.53 Å². The molecule has 1 fully saturated rings. The van der Waals surface area contributed by atoms with E-state index in [0.717, 1.165) is 5.56 Å². The highest BCUT2D eigenvalue weighted by atomic mass is 35.5. The van der Waals surface area contributed by atoms with Crippen molar-refractivity contribution in [3.8, 4) is 0 Å². The van der Waals surface area contributed by atoms with E-state index in [1.54, 1.807) is 29.2 Å². The van der Waals surface area contributed by atoms with Gasteiger partial charge in [0.05, 0.1) is 25.4 Å². The molecule has 0 saturated carbocycles. The number of amides is 1. The van der Waals surface area contributed by atoms with Gasteiger partial charge in [-0.15, -0.1) is 0 Å². The van der Waals surface area contributed by atoms with Gasteiger partial charge in [0.1, 0.15) is 0 Å². The minimum absolute atomic E-state index is 0.0140. The summed E-state index contributed by atoms with van der Waals surface area (Å²) in [7, 11) is 0. The van der Waals surface area contributed by atoms with E-state index in [1.807, 2.05) is 19.1 Å². The Labute approximate surface area is 123 Å². The molecule has 1 saturated heterocycles. The van der Waals surface area contributed by atoms with E-state index >= 15 is 0 Å². The van der Waals surface area contributed by atoms with Gasteiger partial charge in [0, 0.05) is 17.6 Å². The Bertz CT molecular complexity index is 486. The van der Waals surface area contributed by atoms with Crippen molar-refractivity contribution in [3.05, 3.63) is 40.9 Å². The number of morpholine rings is 1. The number of nitrogens with zero attached hydrogens (tertiary/aromatic N) is 1. The Morgan fingerprint density at radius 3 is 2.85 bits per heavy atom. The maximum Gasteiger partial charge on any atom is 0.246 e. The van der Waals surface area contributed by atoms with Crippen LogP contribution in [0.25, 0.3) is 6.08 Å². The first-order valence-electron chi connectivity index (χ1n) is 6.57. The molecule has 2 unspecified atom stereocenters. The topological polar surface area (TPSA) is 49.8 Å². The summed E-state index contributed by atoms with van der Waals surface area (Å²) in [4.78, 5) is 13.9. The summed E-state index contributed by atoms with van der Waals surface area (Å²) in [6, 6.07) is 7.28. The number of halogens is 1. The molecule has 1 amide bonds. The second kappa shape index (κ2) is 6.88. The third kappa shape index (κ3) is 3.82. The summed E-state index contributed by atoms with van der Waals surface area (Å²) >= 11 is 5.81. The van der Waals surface area contributed by atoms with Crippen LogP contribution in [0, 0.1) is 0 Å². The molecule has 1 N–H and O–H groups in total. The number of ether oxygens (including phenoxy) is 1. The van der Waals surface area contributed by atoms with Crippen LogP contribution in [0.1, 0.15) is 12.5 Å². The van der Waals surface area contributed by atoms with E-state index in [2.05, 4.69) is 0 Å². The molecule has 108 valence electrons. The Hall–Kier alpha value is -1.36. The molecular weight excluding hydrogens is 278 g/mol. The van der Waals surface area contributed by atoms with Crippen LogP contribution < -0.4 is 0 Å². The highest BCUT2D eigenvalue weighted by Gasteiger charge is 2.27. The maximum absolute atomic E-state index is 12.2. The van der Waals surface area contributed by atoms with Crippen molar-refractivity contribution in [1.29, 1.82) is 0 Å². The lowest BCUT2D eigenvalue weighted by atomic mass is 10.1. The summed E-state index contributed by atoms with van der Waals surface area (Å²) < 4.78 is 5.41. The molecule has 1 heterocycles. The van der Waals surface area contributed by atoms with Crippen LogP contribution in [-0.4, -0.2) is 47.8 Å². The van der Waals surface area contributed by atoms with Crippen molar-refractivity contribution in [2.45, 2.75) is 19.1 Å². The van der Waals surface area contributed by atoms with Crippen LogP contribution in [0.3, 0.4) is 0 Å². The lowest BCUT2D eigenvalue weighted by Gasteiger charge is -2.36. The molecule has 5 heteroatoms. The van der Waals surface area contributed by atoms with Gasteiger partial charge < -0.3 is 14.7 Å². The third-order valence-corrected chi connectivity index (χ3v) is 3.53. The largest absolute Gasteiger partial charge is 0.394 e. The van der Waals surface area contributed by atoms with E-state index in [4.69, 9.17) is 21.4 Å². The molecule has 0 aliphatic carbocycles. The summed E-state index contributed by atoms with van der Waals surface area (Å²) in [5, 5.41) is 9.78. The Morgan fingerprint density at radius 2 is 2.20 bits per heavy atom. The predicted octanol–water partition coefficient (Wildman–Crippen LogP) is 1.96. The fraction of sp³-hybridized carbons (Fsp3) is 0.400. The molecule has 0 aromatic heterocycles. The molecule has 2 atom stereocenters. The number of aliphatic hydroxyl groups is 1. The van der Waals surface area contributed by atoms with Gasteiger partial charge in [0.25, 0.3) is 0 Å². The quantitative estimate of drug-likeness (QED) is 0.867. The first-order chi connectivity index (χ1) is 9.60. The lowest BCUT2D eigenvalue weighted by Crippen LogP contribution is -2.51. The molecule has 1 aromatic rings. The zero-order valence-electron chi connectivity index (χ0n) is 11.3. The van der Waals surface area contributed by atoms with Crippen LogP contribution in [0.5, 0.6) is 0 Å². The van der Waals surface area contributed by atoms with Crippen LogP contribution in [0.2, 0.25) is 5.02 Å². The highest BCUT2D eigenvalue weighted by Crippen LogP contribution is 2.14. The molecule has 4 nitrogen and oxygen atoms in total. The van der Waals surface area contributed by atoms with Crippen molar-refractivity contribution < 1.29 is 14.6 Å². The number of rotatable bonds is 3. The molecule has 1 aromatic carbocycles. The minimum Gasteiger partial charge on any atom is -0.394 e. The van der Waals surface area contributed by atoms with Gasteiger partial charge >= 0.3 is 0 Å². The maximum atomic E-state index is 12.2. The van der Waals surface area contributed by atoms with Crippen molar-refractivity contribution in [1.82, 2.24) is 4.90 Å². The Morgan fingerprint density at radius 1 is 1.50 bits per heavy atom. The van der Waals surface area contributed by atoms with Gasteiger partial charge in [-0.1, -0.05) is 23.7 Å². The average molecular weight is 296 g/mol. The molecule has 0 radical (unpaired) electrons.